The average molecular weight is 673 g/mol. The third-order valence-corrected chi connectivity index (χ3v) is 12.0. The number of hydrogen-bond donors (Lipinski definition) is 0. The zero-order valence-electron chi connectivity index (χ0n) is 28.3. The smallest absolute Gasteiger partial charge is 0.259 e. The first-order valence-electron chi connectivity index (χ1n) is 16.6. The topological polar surface area (TPSA) is 82.9 Å². The van der Waals surface area contributed by atoms with E-state index in [-0.39, 0.29) is 29.3 Å². The fourth-order valence-electron chi connectivity index (χ4n) is 7.15. The van der Waals surface area contributed by atoms with Crippen LogP contribution < -0.4 is 4.90 Å². The maximum Gasteiger partial charge on any atom is 0.259 e. The third-order valence-electron chi connectivity index (χ3n) is 10.2. The molecule has 0 fully saturated rings. The molecule has 0 saturated carbocycles. The maximum atomic E-state index is 14.7. The molecule has 0 aliphatic carbocycles. The number of sulfonamides is 1. The molecule has 2 aliphatic rings. The van der Waals surface area contributed by atoms with Gasteiger partial charge in [-0.05, 0) is 91.4 Å². The Hall–Kier alpha value is -4.99. The number of rotatable bonds is 6. The minimum atomic E-state index is -3.72. The van der Waals surface area contributed by atoms with Gasteiger partial charge < -0.3 is 14.4 Å². The quantitative estimate of drug-likeness (QED) is 0.203. The van der Waals surface area contributed by atoms with Crippen molar-refractivity contribution < 1.29 is 18.0 Å². The fraction of sp³-hybridized carbons (Fsp3) is 0.250. The zero-order valence-corrected chi connectivity index (χ0v) is 29.1. The Balaban J connectivity index is 1.32. The predicted octanol–water partition coefficient (Wildman–Crippen LogP) is 6.61. The molecule has 3 heterocycles. The van der Waals surface area contributed by atoms with Gasteiger partial charge in [-0.2, -0.15) is 4.31 Å². The lowest BCUT2D eigenvalue weighted by Crippen LogP contribution is -2.43. The summed E-state index contributed by atoms with van der Waals surface area (Å²) in [6, 6.07) is 32.0. The van der Waals surface area contributed by atoms with E-state index in [9.17, 15) is 18.0 Å². The number of nitrogens with zero attached hydrogens (tertiary/aromatic N) is 4. The molecule has 1 aromatic heterocycles. The van der Waals surface area contributed by atoms with Crippen molar-refractivity contribution in [1.29, 1.82) is 0 Å². The first-order chi connectivity index (χ1) is 23.5. The summed E-state index contributed by atoms with van der Waals surface area (Å²) in [6.45, 7) is 4.98. The SMILES string of the molecule is Cc1c(C(=O)N(C)c2ccccc2)cc(-c2cc3c(cc2C(=O)N2Cc4ccccc4C[C@H]2C)CN(S(=O)(=O)c2ccccc2)CC3)n1C. The molecule has 7 rings (SSSR count). The van der Waals surface area contributed by atoms with Gasteiger partial charge in [0, 0.05) is 68.0 Å². The van der Waals surface area contributed by atoms with E-state index in [0.717, 1.165) is 45.7 Å². The van der Waals surface area contributed by atoms with Crippen molar-refractivity contribution >= 4 is 27.5 Å². The number of carbonyl (C=O) groups is 2. The third kappa shape index (κ3) is 5.87. The molecule has 49 heavy (non-hydrogen) atoms. The van der Waals surface area contributed by atoms with Gasteiger partial charge in [0.1, 0.15) is 0 Å². The van der Waals surface area contributed by atoms with Crippen LogP contribution in [0.4, 0.5) is 5.69 Å². The van der Waals surface area contributed by atoms with Crippen molar-refractivity contribution in [2.45, 2.75) is 50.7 Å². The van der Waals surface area contributed by atoms with E-state index in [1.807, 2.05) is 84.1 Å². The summed E-state index contributed by atoms with van der Waals surface area (Å²) in [4.78, 5) is 32.4. The standard InChI is InChI=1S/C40H40N4O4S/c1-27-21-29-13-11-12-14-31(29)26-44(27)40(46)37-23-32-25-43(49(47,48)34-17-9-6-10-18-34)20-19-30(32)22-36(37)38-24-35(28(2)41(38)3)39(45)42(4)33-15-7-5-8-16-33/h5-18,22-24,27H,19-21,25-26H2,1-4H3/t27-/m1/s1. The van der Waals surface area contributed by atoms with Gasteiger partial charge in [0.2, 0.25) is 10.0 Å². The Morgan fingerprint density at radius 3 is 2.14 bits per heavy atom. The monoisotopic (exact) mass is 672 g/mol. The summed E-state index contributed by atoms with van der Waals surface area (Å²) < 4.78 is 30.7. The van der Waals surface area contributed by atoms with Crippen molar-refractivity contribution in [2.24, 2.45) is 7.05 Å². The minimum absolute atomic E-state index is 0.0342. The first-order valence-corrected chi connectivity index (χ1v) is 18.1. The van der Waals surface area contributed by atoms with E-state index < -0.39 is 10.0 Å². The highest BCUT2D eigenvalue weighted by Crippen LogP contribution is 2.36. The Morgan fingerprint density at radius 2 is 1.43 bits per heavy atom. The number of hydrogen-bond acceptors (Lipinski definition) is 4. The summed E-state index contributed by atoms with van der Waals surface area (Å²) in [5, 5.41) is 0. The van der Waals surface area contributed by atoms with E-state index in [4.69, 9.17) is 0 Å². The Bertz CT molecular complexity index is 2180. The molecule has 2 amide bonds. The number of anilines is 1. The van der Waals surface area contributed by atoms with Crippen LogP contribution in [0.3, 0.4) is 0 Å². The lowest BCUT2D eigenvalue weighted by molar-refractivity contribution is 0.0658. The Morgan fingerprint density at radius 1 is 0.776 bits per heavy atom. The molecule has 0 unspecified atom stereocenters. The number of benzene rings is 4. The predicted molar refractivity (Wildman–Crippen MR) is 192 cm³/mol. The molecule has 5 aromatic rings. The molecule has 0 saturated heterocycles. The molecule has 1 atom stereocenters. The van der Waals surface area contributed by atoms with Crippen LogP contribution in [0.25, 0.3) is 11.3 Å². The zero-order chi connectivity index (χ0) is 34.4. The molecule has 4 aromatic carbocycles. The van der Waals surface area contributed by atoms with Gasteiger partial charge in [-0.15, -0.1) is 0 Å². The van der Waals surface area contributed by atoms with Crippen LogP contribution in [0.1, 0.15) is 55.6 Å². The number of fused-ring (bicyclic) bond motifs is 2. The van der Waals surface area contributed by atoms with Gasteiger partial charge in [0.15, 0.2) is 0 Å². The summed E-state index contributed by atoms with van der Waals surface area (Å²) in [5.41, 5.74) is 8.32. The van der Waals surface area contributed by atoms with E-state index in [2.05, 4.69) is 19.1 Å². The first kappa shape index (κ1) is 32.6. The summed E-state index contributed by atoms with van der Waals surface area (Å²) >= 11 is 0. The number of amides is 2. The van der Waals surface area contributed by atoms with Crippen molar-refractivity contribution in [3.05, 3.63) is 142 Å². The average Bonchev–Trinajstić information content (AvgIpc) is 3.43. The molecule has 0 spiro atoms. The van der Waals surface area contributed by atoms with E-state index in [1.165, 1.54) is 9.87 Å². The fourth-order valence-corrected chi connectivity index (χ4v) is 8.59. The molecule has 0 bridgehead atoms. The molecular weight excluding hydrogens is 633 g/mol. The van der Waals surface area contributed by atoms with Crippen molar-refractivity contribution in [3.63, 3.8) is 0 Å². The second-order valence-corrected chi connectivity index (χ2v) is 15.0. The molecule has 8 nitrogen and oxygen atoms in total. The molecule has 0 radical (unpaired) electrons. The molecule has 2 aliphatic heterocycles. The van der Waals surface area contributed by atoms with Gasteiger partial charge in [0.05, 0.1) is 10.5 Å². The number of carbonyl (C=O) groups excluding carboxylic acids is 2. The van der Waals surface area contributed by atoms with Gasteiger partial charge in [-0.1, -0.05) is 60.7 Å². The lowest BCUT2D eigenvalue weighted by atomic mass is 9.90. The largest absolute Gasteiger partial charge is 0.347 e. The Labute approximate surface area is 288 Å². The molecule has 9 heteroatoms. The lowest BCUT2D eigenvalue weighted by Gasteiger charge is -2.36. The molecule has 250 valence electrons. The normalized spacial score (nSPS) is 16.2. The summed E-state index contributed by atoms with van der Waals surface area (Å²) in [5.74, 6) is -0.254. The van der Waals surface area contributed by atoms with Crippen molar-refractivity contribution in [3.8, 4) is 11.3 Å². The van der Waals surface area contributed by atoms with Crippen LogP contribution in [0, 0.1) is 6.92 Å². The second-order valence-electron chi connectivity index (χ2n) is 13.1. The number of aromatic nitrogens is 1. The van der Waals surface area contributed by atoms with Crippen LogP contribution in [0.5, 0.6) is 0 Å². The van der Waals surface area contributed by atoms with Crippen LogP contribution in [0.2, 0.25) is 0 Å². The number of para-hydroxylation sites is 1. The highest BCUT2D eigenvalue weighted by molar-refractivity contribution is 7.89. The molecular formula is C40H40N4O4S. The van der Waals surface area contributed by atoms with Gasteiger partial charge in [-0.25, -0.2) is 8.42 Å². The van der Waals surface area contributed by atoms with Gasteiger partial charge in [0.25, 0.3) is 11.8 Å². The highest BCUT2D eigenvalue weighted by Gasteiger charge is 2.34. The van der Waals surface area contributed by atoms with Crippen molar-refractivity contribution in [1.82, 2.24) is 13.8 Å². The summed E-state index contributed by atoms with van der Waals surface area (Å²) in [7, 11) is -0.0322. The van der Waals surface area contributed by atoms with E-state index in [1.54, 1.807) is 42.3 Å². The minimum Gasteiger partial charge on any atom is -0.347 e. The van der Waals surface area contributed by atoms with E-state index >= 15 is 0 Å². The molecule has 0 N–H and O–H groups in total. The second kappa shape index (κ2) is 12.8. The Kier molecular flexibility index (Phi) is 8.50. The van der Waals surface area contributed by atoms with Crippen LogP contribution in [-0.4, -0.2) is 53.6 Å². The van der Waals surface area contributed by atoms with Gasteiger partial charge in [-0.3, -0.25) is 9.59 Å². The van der Waals surface area contributed by atoms with Crippen molar-refractivity contribution in [2.75, 3.05) is 18.5 Å². The van der Waals surface area contributed by atoms with E-state index in [0.29, 0.717) is 30.6 Å². The van der Waals surface area contributed by atoms with Crippen LogP contribution in [0.15, 0.2) is 108 Å². The highest BCUT2D eigenvalue weighted by atomic mass is 32.2. The maximum absolute atomic E-state index is 14.7. The van der Waals surface area contributed by atoms with Gasteiger partial charge >= 0.3 is 0 Å². The van der Waals surface area contributed by atoms with Crippen LogP contribution in [-0.2, 0) is 43.0 Å². The van der Waals surface area contributed by atoms with Crippen LogP contribution >= 0.6 is 0 Å². The summed E-state index contributed by atoms with van der Waals surface area (Å²) in [6.07, 6.45) is 1.25.